The van der Waals surface area contributed by atoms with Crippen LogP contribution in [0, 0.1) is 6.92 Å². The van der Waals surface area contributed by atoms with Gasteiger partial charge in [-0.15, -0.1) is 0 Å². The summed E-state index contributed by atoms with van der Waals surface area (Å²) >= 11 is 5.48. The lowest BCUT2D eigenvalue weighted by molar-refractivity contribution is 0.768. The van der Waals surface area contributed by atoms with Gasteiger partial charge in [-0.2, -0.15) is 0 Å². The zero-order chi connectivity index (χ0) is 13.1. The van der Waals surface area contributed by atoms with Gasteiger partial charge in [-0.25, -0.2) is 0 Å². The van der Waals surface area contributed by atoms with Crippen molar-refractivity contribution in [1.29, 1.82) is 0 Å². The van der Waals surface area contributed by atoms with E-state index < -0.39 is 0 Å². The Morgan fingerprint density at radius 3 is 3.00 bits per heavy atom. The van der Waals surface area contributed by atoms with Gasteiger partial charge in [-0.1, -0.05) is 29.8 Å². The molecule has 0 bridgehead atoms. The third-order valence-corrected chi connectivity index (χ3v) is 3.50. The summed E-state index contributed by atoms with van der Waals surface area (Å²) < 4.78 is 0. The Balaban J connectivity index is 2.17. The largest absolute Gasteiger partial charge is 0.359 e. The van der Waals surface area contributed by atoms with Crippen LogP contribution < -0.4 is 10.2 Å². The van der Waals surface area contributed by atoms with E-state index >= 15 is 0 Å². The summed E-state index contributed by atoms with van der Waals surface area (Å²) in [6.45, 7) is 9.77. The SMILES string of the molecule is C=C(C)CNC(=S)N1CCCc2cc(C)ccc21. The molecular weight excluding hydrogens is 240 g/mol. The van der Waals surface area contributed by atoms with Crippen LogP contribution in [0.3, 0.4) is 0 Å². The molecule has 1 aliphatic heterocycles. The molecule has 0 aliphatic carbocycles. The number of hydrogen-bond acceptors (Lipinski definition) is 1. The third kappa shape index (κ3) is 2.91. The van der Waals surface area contributed by atoms with Crippen LogP contribution in [-0.4, -0.2) is 18.2 Å². The first kappa shape index (κ1) is 13.1. The average molecular weight is 260 g/mol. The monoisotopic (exact) mass is 260 g/mol. The number of rotatable bonds is 2. The summed E-state index contributed by atoms with van der Waals surface area (Å²) in [5.41, 5.74) is 5.07. The second-order valence-electron chi connectivity index (χ2n) is 5.00. The minimum atomic E-state index is 0.747. The normalized spacial score (nSPS) is 14.0. The number of fused-ring (bicyclic) bond motifs is 1. The lowest BCUT2D eigenvalue weighted by atomic mass is 10.00. The first-order valence-electron chi connectivity index (χ1n) is 6.37. The Morgan fingerprint density at radius 2 is 2.28 bits per heavy atom. The van der Waals surface area contributed by atoms with Gasteiger partial charge in [-0.3, -0.25) is 0 Å². The Labute approximate surface area is 115 Å². The number of aryl methyl sites for hydroxylation is 2. The maximum absolute atomic E-state index is 5.48. The van der Waals surface area contributed by atoms with Gasteiger partial charge < -0.3 is 10.2 Å². The summed E-state index contributed by atoms with van der Waals surface area (Å²) in [6, 6.07) is 6.60. The summed E-state index contributed by atoms with van der Waals surface area (Å²) in [4.78, 5) is 2.20. The van der Waals surface area contributed by atoms with Crippen LogP contribution in [0.5, 0.6) is 0 Å². The molecule has 0 saturated carbocycles. The van der Waals surface area contributed by atoms with Gasteiger partial charge in [0.25, 0.3) is 0 Å². The molecule has 1 heterocycles. The van der Waals surface area contributed by atoms with Gasteiger partial charge in [0.1, 0.15) is 0 Å². The predicted octanol–water partition coefficient (Wildman–Crippen LogP) is 3.20. The summed E-state index contributed by atoms with van der Waals surface area (Å²) in [5.74, 6) is 0. The van der Waals surface area contributed by atoms with Crippen LogP contribution >= 0.6 is 12.2 Å². The lowest BCUT2D eigenvalue weighted by Gasteiger charge is -2.32. The zero-order valence-electron chi connectivity index (χ0n) is 11.1. The van der Waals surface area contributed by atoms with Crippen LogP contribution in [0.1, 0.15) is 24.5 Å². The maximum atomic E-state index is 5.48. The Morgan fingerprint density at radius 1 is 1.50 bits per heavy atom. The molecule has 0 fully saturated rings. The molecule has 0 amide bonds. The van der Waals surface area contributed by atoms with Gasteiger partial charge in [0, 0.05) is 18.8 Å². The minimum Gasteiger partial charge on any atom is -0.359 e. The van der Waals surface area contributed by atoms with E-state index in [0.717, 1.165) is 36.6 Å². The second kappa shape index (κ2) is 5.53. The second-order valence-corrected chi connectivity index (χ2v) is 5.39. The van der Waals surface area contributed by atoms with Crippen molar-refractivity contribution < 1.29 is 0 Å². The van der Waals surface area contributed by atoms with E-state index in [2.05, 4.69) is 41.9 Å². The van der Waals surface area contributed by atoms with Crippen molar-refractivity contribution in [2.75, 3.05) is 18.0 Å². The van der Waals surface area contributed by atoms with Gasteiger partial charge >= 0.3 is 0 Å². The van der Waals surface area contributed by atoms with Crippen molar-refractivity contribution in [3.63, 3.8) is 0 Å². The number of anilines is 1. The molecule has 18 heavy (non-hydrogen) atoms. The molecule has 96 valence electrons. The van der Waals surface area contributed by atoms with Gasteiger partial charge in [0.05, 0.1) is 0 Å². The quantitative estimate of drug-likeness (QED) is 0.649. The smallest absolute Gasteiger partial charge is 0.173 e. The average Bonchev–Trinajstić information content (AvgIpc) is 2.34. The van der Waals surface area contributed by atoms with E-state index in [1.807, 2.05) is 6.92 Å². The van der Waals surface area contributed by atoms with E-state index in [9.17, 15) is 0 Å². The summed E-state index contributed by atoms with van der Waals surface area (Å²) in [5, 5.41) is 4.07. The highest BCUT2D eigenvalue weighted by molar-refractivity contribution is 7.80. The molecule has 0 saturated heterocycles. The molecule has 0 atom stereocenters. The van der Waals surface area contributed by atoms with Gasteiger partial charge in [0.15, 0.2) is 5.11 Å². The van der Waals surface area contributed by atoms with Crippen molar-refractivity contribution in [2.24, 2.45) is 0 Å². The Hall–Kier alpha value is -1.35. The standard InChI is InChI=1S/C15H20N2S/c1-11(2)10-16-15(18)17-8-4-5-13-9-12(3)6-7-14(13)17/h6-7,9H,1,4-5,8,10H2,2-3H3,(H,16,18). The van der Waals surface area contributed by atoms with Crippen LogP contribution in [-0.2, 0) is 6.42 Å². The fraction of sp³-hybridized carbons (Fsp3) is 0.400. The Bertz CT molecular complexity index is 479. The van der Waals surface area contributed by atoms with Crippen molar-refractivity contribution in [3.05, 3.63) is 41.5 Å². The first-order valence-corrected chi connectivity index (χ1v) is 6.78. The highest BCUT2D eigenvalue weighted by Crippen LogP contribution is 2.27. The van der Waals surface area contributed by atoms with Gasteiger partial charge in [0.2, 0.25) is 0 Å². The van der Waals surface area contributed by atoms with Crippen molar-refractivity contribution >= 4 is 23.0 Å². The van der Waals surface area contributed by atoms with E-state index in [0.29, 0.717) is 0 Å². The highest BCUT2D eigenvalue weighted by Gasteiger charge is 2.19. The molecule has 1 N–H and O–H groups in total. The third-order valence-electron chi connectivity index (χ3n) is 3.14. The van der Waals surface area contributed by atoms with E-state index in [1.54, 1.807) is 0 Å². The number of nitrogens with one attached hydrogen (secondary N) is 1. The van der Waals surface area contributed by atoms with E-state index in [4.69, 9.17) is 12.2 Å². The number of thiocarbonyl (C=S) groups is 1. The van der Waals surface area contributed by atoms with Crippen LogP contribution in [0.15, 0.2) is 30.4 Å². The number of nitrogens with zero attached hydrogens (tertiary/aromatic N) is 1. The topological polar surface area (TPSA) is 15.3 Å². The molecule has 1 aliphatic rings. The molecule has 0 aromatic heterocycles. The van der Waals surface area contributed by atoms with Crippen LogP contribution in [0.2, 0.25) is 0 Å². The van der Waals surface area contributed by atoms with Crippen LogP contribution in [0.25, 0.3) is 0 Å². The van der Waals surface area contributed by atoms with Crippen molar-refractivity contribution in [3.8, 4) is 0 Å². The fourth-order valence-corrected chi connectivity index (χ4v) is 2.52. The molecule has 0 spiro atoms. The van der Waals surface area contributed by atoms with E-state index in [1.165, 1.54) is 16.8 Å². The van der Waals surface area contributed by atoms with Crippen molar-refractivity contribution in [2.45, 2.75) is 26.7 Å². The molecule has 2 rings (SSSR count). The molecule has 3 heteroatoms. The van der Waals surface area contributed by atoms with Gasteiger partial charge in [-0.05, 0) is 50.5 Å². The summed E-state index contributed by atoms with van der Waals surface area (Å²) in [6.07, 6.45) is 2.31. The lowest BCUT2D eigenvalue weighted by Crippen LogP contribution is -2.43. The zero-order valence-corrected chi connectivity index (χ0v) is 11.9. The molecule has 2 nitrogen and oxygen atoms in total. The highest BCUT2D eigenvalue weighted by atomic mass is 32.1. The first-order chi connectivity index (χ1) is 8.58. The van der Waals surface area contributed by atoms with E-state index in [-0.39, 0.29) is 0 Å². The molecule has 1 aromatic carbocycles. The molecular formula is C15H20N2S. The fourth-order valence-electron chi connectivity index (χ4n) is 2.26. The molecule has 1 aromatic rings. The van der Waals surface area contributed by atoms with Crippen LogP contribution in [0.4, 0.5) is 5.69 Å². The summed E-state index contributed by atoms with van der Waals surface area (Å²) in [7, 11) is 0. The molecule has 0 unspecified atom stereocenters. The van der Waals surface area contributed by atoms with Crippen molar-refractivity contribution in [1.82, 2.24) is 5.32 Å². The minimum absolute atomic E-state index is 0.747. The molecule has 0 radical (unpaired) electrons. The number of benzene rings is 1. The Kier molecular flexibility index (Phi) is 4.02. The predicted molar refractivity (Wildman–Crippen MR) is 82.3 cm³/mol. The maximum Gasteiger partial charge on any atom is 0.173 e. The number of hydrogen-bond donors (Lipinski definition) is 1.